The van der Waals surface area contributed by atoms with Crippen LogP contribution in [0.5, 0.6) is 0 Å². The first kappa shape index (κ1) is 7.96. The number of nitrogens with two attached hydrogens (primary N) is 1. The third kappa shape index (κ3) is 1.83. The molecular weight excluding hydrogens is 98.1 g/mol. The predicted molar refractivity (Wildman–Crippen MR) is 37.7 cm³/mol. The van der Waals surface area contributed by atoms with Gasteiger partial charge in [0, 0.05) is 5.54 Å². The molecule has 0 aliphatic carbocycles. The zero-order valence-corrected chi connectivity index (χ0v) is 6.58. The van der Waals surface area contributed by atoms with Crippen molar-refractivity contribution in [2.45, 2.75) is 40.2 Å². The standard InChI is InChI=1S/C7H17N/c1-6(2,3)7(4,5)8/h8H2,1-5H3. The molecule has 0 saturated heterocycles. The largest absolute Gasteiger partial charge is 0.325 e. The molecule has 8 heavy (non-hydrogen) atoms. The zero-order chi connectivity index (χ0) is 7.00. The van der Waals surface area contributed by atoms with Crippen LogP contribution in [0.3, 0.4) is 0 Å². The van der Waals surface area contributed by atoms with Crippen molar-refractivity contribution in [3.63, 3.8) is 0 Å². The highest BCUT2D eigenvalue weighted by molar-refractivity contribution is 4.85. The van der Waals surface area contributed by atoms with Crippen molar-refractivity contribution in [2.75, 3.05) is 0 Å². The second-order valence-corrected chi connectivity index (χ2v) is 3.97. The summed E-state index contributed by atoms with van der Waals surface area (Å²) in [6.45, 7) is 10.5. The highest BCUT2D eigenvalue weighted by atomic mass is 14.7. The summed E-state index contributed by atoms with van der Waals surface area (Å²) in [7, 11) is 0. The summed E-state index contributed by atoms with van der Waals surface area (Å²) in [6, 6.07) is 0. The van der Waals surface area contributed by atoms with Crippen molar-refractivity contribution in [3.05, 3.63) is 0 Å². The van der Waals surface area contributed by atoms with Gasteiger partial charge in [-0.2, -0.15) is 0 Å². The Bertz CT molecular complexity index is 59.4. The molecule has 0 fully saturated rings. The first-order chi connectivity index (χ1) is 3.25. The van der Waals surface area contributed by atoms with Crippen molar-refractivity contribution in [2.24, 2.45) is 11.1 Å². The molecule has 0 atom stereocenters. The first-order valence-corrected chi connectivity index (χ1v) is 3.04. The molecule has 0 aromatic rings. The Labute approximate surface area is 52.3 Å². The zero-order valence-electron chi connectivity index (χ0n) is 6.58. The molecule has 0 rings (SSSR count). The minimum absolute atomic E-state index is 0.0625. The molecular formula is C7H17N. The fourth-order valence-electron chi connectivity index (χ4n) is 0. The van der Waals surface area contributed by atoms with Crippen LogP contribution in [-0.4, -0.2) is 5.54 Å². The average Bonchev–Trinajstić information content (AvgIpc) is 1.25. The van der Waals surface area contributed by atoms with E-state index >= 15 is 0 Å². The Hall–Kier alpha value is -0.0400. The SMILES string of the molecule is CC(C)(C)C(C)(C)N. The lowest BCUT2D eigenvalue weighted by Crippen LogP contribution is -2.45. The van der Waals surface area contributed by atoms with E-state index in [0.717, 1.165) is 0 Å². The normalized spacial score (nSPS) is 14.2. The second kappa shape index (κ2) is 1.73. The fourth-order valence-corrected chi connectivity index (χ4v) is 0. The highest BCUT2D eigenvalue weighted by Crippen LogP contribution is 2.26. The van der Waals surface area contributed by atoms with Crippen molar-refractivity contribution in [3.8, 4) is 0 Å². The molecule has 0 spiro atoms. The van der Waals surface area contributed by atoms with Crippen LogP contribution in [0.15, 0.2) is 0 Å². The molecule has 0 bridgehead atoms. The van der Waals surface area contributed by atoms with Gasteiger partial charge in [0.1, 0.15) is 0 Å². The van der Waals surface area contributed by atoms with Gasteiger partial charge in [0.2, 0.25) is 0 Å². The van der Waals surface area contributed by atoms with E-state index in [2.05, 4.69) is 20.8 Å². The lowest BCUT2D eigenvalue weighted by molar-refractivity contribution is 0.230. The molecule has 0 aromatic heterocycles. The smallest absolute Gasteiger partial charge is 0.0146 e. The first-order valence-electron chi connectivity index (χ1n) is 3.04. The summed E-state index contributed by atoms with van der Waals surface area (Å²) in [4.78, 5) is 0. The van der Waals surface area contributed by atoms with Crippen molar-refractivity contribution < 1.29 is 0 Å². The summed E-state index contributed by atoms with van der Waals surface area (Å²) in [5.74, 6) is 0. The lowest BCUT2D eigenvalue weighted by Gasteiger charge is -2.34. The van der Waals surface area contributed by atoms with Crippen LogP contribution < -0.4 is 5.73 Å². The Kier molecular flexibility index (Phi) is 1.72. The third-order valence-electron chi connectivity index (χ3n) is 1.93. The lowest BCUT2D eigenvalue weighted by atomic mass is 9.77. The van der Waals surface area contributed by atoms with Crippen LogP contribution in [0.4, 0.5) is 0 Å². The Morgan fingerprint density at radius 2 is 1.00 bits per heavy atom. The van der Waals surface area contributed by atoms with Crippen LogP contribution in [0.25, 0.3) is 0 Å². The van der Waals surface area contributed by atoms with Crippen molar-refractivity contribution in [1.29, 1.82) is 0 Å². The summed E-state index contributed by atoms with van der Waals surface area (Å²) >= 11 is 0. The maximum absolute atomic E-state index is 5.81. The monoisotopic (exact) mass is 115 g/mol. The van der Waals surface area contributed by atoms with Crippen molar-refractivity contribution >= 4 is 0 Å². The minimum Gasteiger partial charge on any atom is -0.325 e. The van der Waals surface area contributed by atoms with E-state index in [1.54, 1.807) is 0 Å². The molecule has 0 aromatic carbocycles. The Morgan fingerprint density at radius 1 is 0.875 bits per heavy atom. The van der Waals surface area contributed by atoms with Gasteiger partial charge in [0.05, 0.1) is 0 Å². The summed E-state index contributed by atoms with van der Waals surface area (Å²) in [5, 5.41) is 0. The molecule has 0 radical (unpaired) electrons. The maximum atomic E-state index is 5.81. The average molecular weight is 115 g/mol. The van der Waals surface area contributed by atoms with Gasteiger partial charge in [-0.3, -0.25) is 0 Å². The van der Waals surface area contributed by atoms with Crippen LogP contribution in [0.2, 0.25) is 0 Å². The second-order valence-electron chi connectivity index (χ2n) is 3.97. The minimum atomic E-state index is -0.0625. The van der Waals surface area contributed by atoms with Crippen LogP contribution >= 0.6 is 0 Å². The van der Waals surface area contributed by atoms with E-state index in [-0.39, 0.29) is 11.0 Å². The Morgan fingerprint density at radius 3 is 1.00 bits per heavy atom. The number of rotatable bonds is 0. The van der Waals surface area contributed by atoms with Crippen molar-refractivity contribution in [1.82, 2.24) is 0 Å². The maximum Gasteiger partial charge on any atom is 0.0146 e. The van der Waals surface area contributed by atoms with Gasteiger partial charge in [0.25, 0.3) is 0 Å². The Balaban J connectivity index is 4.02. The summed E-state index contributed by atoms with van der Waals surface area (Å²) in [6.07, 6.45) is 0. The van der Waals surface area contributed by atoms with Crippen LogP contribution in [0.1, 0.15) is 34.6 Å². The summed E-state index contributed by atoms with van der Waals surface area (Å²) < 4.78 is 0. The molecule has 0 saturated carbocycles. The van der Waals surface area contributed by atoms with Crippen LogP contribution in [0, 0.1) is 5.41 Å². The highest BCUT2D eigenvalue weighted by Gasteiger charge is 2.27. The molecule has 0 amide bonds. The van der Waals surface area contributed by atoms with E-state index in [4.69, 9.17) is 5.73 Å². The molecule has 1 nitrogen and oxygen atoms in total. The van der Waals surface area contributed by atoms with Crippen LogP contribution in [-0.2, 0) is 0 Å². The summed E-state index contributed by atoms with van der Waals surface area (Å²) in [5.41, 5.74) is 5.97. The van der Waals surface area contributed by atoms with Gasteiger partial charge in [-0.05, 0) is 19.3 Å². The quantitative estimate of drug-likeness (QED) is 0.511. The molecule has 1 heteroatoms. The van der Waals surface area contributed by atoms with Gasteiger partial charge in [-0.15, -0.1) is 0 Å². The fraction of sp³-hybridized carbons (Fsp3) is 1.00. The molecule has 50 valence electrons. The molecule has 0 aliphatic rings. The molecule has 0 unspecified atom stereocenters. The van der Waals surface area contributed by atoms with Gasteiger partial charge >= 0.3 is 0 Å². The predicted octanol–water partition coefficient (Wildman–Crippen LogP) is 1.77. The van der Waals surface area contributed by atoms with Gasteiger partial charge < -0.3 is 5.73 Å². The number of hydrogen-bond acceptors (Lipinski definition) is 1. The van der Waals surface area contributed by atoms with E-state index in [1.165, 1.54) is 0 Å². The van der Waals surface area contributed by atoms with E-state index in [0.29, 0.717) is 0 Å². The molecule has 2 N–H and O–H groups in total. The topological polar surface area (TPSA) is 26.0 Å². The van der Waals surface area contributed by atoms with E-state index in [9.17, 15) is 0 Å². The van der Waals surface area contributed by atoms with Gasteiger partial charge in [0.15, 0.2) is 0 Å². The van der Waals surface area contributed by atoms with E-state index < -0.39 is 0 Å². The molecule has 0 heterocycles. The molecule has 0 aliphatic heterocycles. The van der Waals surface area contributed by atoms with Gasteiger partial charge in [-0.25, -0.2) is 0 Å². The number of hydrogen-bond donors (Lipinski definition) is 1. The van der Waals surface area contributed by atoms with Gasteiger partial charge in [-0.1, -0.05) is 20.8 Å². The third-order valence-corrected chi connectivity index (χ3v) is 1.93. The van der Waals surface area contributed by atoms with E-state index in [1.807, 2.05) is 13.8 Å².